The van der Waals surface area contributed by atoms with Gasteiger partial charge in [-0.15, -0.1) is 0 Å². The molecule has 0 saturated heterocycles. The zero-order valence-corrected chi connectivity index (χ0v) is 10.7. The molecule has 19 heavy (non-hydrogen) atoms. The average molecular weight is 255 g/mol. The van der Waals surface area contributed by atoms with Gasteiger partial charge in [0.2, 0.25) is 0 Å². The molecular weight excluding hydrogens is 238 g/mol. The third kappa shape index (κ3) is 2.37. The Bertz CT molecular complexity index is 557. The molecule has 2 heterocycles. The number of fused-ring (bicyclic) bond motifs is 1. The van der Waals surface area contributed by atoms with E-state index in [-0.39, 0.29) is 6.10 Å². The number of rotatable bonds is 2. The van der Waals surface area contributed by atoms with E-state index >= 15 is 0 Å². The second-order valence-corrected chi connectivity index (χ2v) is 4.66. The number of nitrogens with zero attached hydrogens (tertiary/aromatic N) is 2. The van der Waals surface area contributed by atoms with Crippen LogP contribution < -0.4 is 5.73 Å². The molecule has 0 bridgehead atoms. The van der Waals surface area contributed by atoms with Gasteiger partial charge in [0.1, 0.15) is 0 Å². The lowest BCUT2D eigenvalue weighted by atomic mass is 9.93. The fourth-order valence-electron chi connectivity index (χ4n) is 2.62. The van der Waals surface area contributed by atoms with Gasteiger partial charge in [-0.2, -0.15) is 0 Å². The summed E-state index contributed by atoms with van der Waals surface area (Å²) < 4.78 is 5.81. The highest BCUT2D eigenvalue weighted by molar-refractivity contribution is 5.65. The van der Waals surface area contributed by atoms with E-state index < -0.39 is 0 Å². The molecule has 0 amide bonds. The van der Waals surface area contributed by atoms with Gasteiger partial charge in [0.15, 0.2) is 0 Å². The van der Waals surface area contributed by atoms with Crippen LogP contribution in [0.4, 0.5) is 0 Å². The third-order valence-electron chi connectivity index (χ3n) is 3.50. The van der Waals surface area contributed by atoms with Crippen molar-refractivity contribution in [2.75, 3.05) is 13.2 Å². The van der Waals surface area contributed by atoms with Gasteiger partial charge in [-0.3, -0.25) is 9.97 Å². The fraction of sp³-hybridized carbons (Fsp3) is 0.333. The highest BCUT2D eigenvalue weighted by Crippen LogP contribution is 2.32. The van der Waals surface area contributed by atoms with Crippen LogP contribution in [-0.4, -0.2) is 23.1 Å². The quantitative estimate of drug-likeness (QED) is 0.892. The van der Waals surface area contributed by atoms with Crippen molar-refractivity contribution in [2.24, 2.45) is 5.73 Å². The van der Waals surface area contributed by atoms with Gasteiger partial charge in [0, 0.05) is 31.1 Å². The Morgan fingerprint density at radius 1 is 1.32 bits per heavy atom. The maximum absolute atomic E-state index is 5.82. The lowest BCUT2D eigenvalue weighted by Gasteiger charge is -2.17. The number of ether oxygens (including phenoxy) is 1. The number of hydrogen-bond acceptors (Lipinski definition) is 4. The van der Waals surface area contributed by atoms with Crippen molar-refractivity contribution in [1.82, 2.24) is 9.97 Å². The summed E-state index contributed by atoms with van der Waals surface area (Å²) in [5.41, 5.74) is 10.4. The van der Waals surface area contributed by atoms with Crippen molar-refractivity contribution < 1.29 is 4.74 Å². The van der Waals surface area contributed by atoms with E-state index in [9.17, 15) is 0 Å². The summed E-state index contributed by atoms with van der Waals surface area (Å²) in [6, 6.07) is 6.25. The van der Waals surface area contributed by atoms with Crippen LogP contribution in [-0.2, 0) is 11.2 Å². The Labute approximate surface area is 112 Å². The molecule has 2 aromatic rings. The molecule has 4 heteroatoms. The predicted octanol–water partition coefficient (Wildman–Crippen LogP) is 2.11. The molecule has 1 aromatic heterocycles. The molecule has 0 fully saturated rings. The lowest BCUT2D eigenvalue weighted by molar-refractivity contribution is 0.0627. The SMILES string of the molecule is NC[C@H]1OCCCc2c(-c3cnccn3)cccc21. The van der Waals surface area contributed by atoms with Gasteiger partial charge in [0.05, 0.1) is 18.0 Å². The molecule has 0 radical (unpaired) electrons. The Morgan fingerprint density at radius 2 is 2.26 bits per heavy atom. The Balaban J connectivity index is 2.12. The van der Waals surface area contributed by atoms with E-state index in [4.69, 9.17) is 10.5 Å². The summed E-state index contributed by atoms with van der Waals surface area (Å²) in [6.07, 6.45) is 7.23. The van der Waals surface area contributed by atoms with Crippen molar-refractivity contribution in [2.45, 2.75) is 18.9 Å². The molecule has 0 saturated carbocycles. The minimum Gasteiger partial charge on any atom is -0.372 e. The molecule has 98 valence electrons. The molecule has 2 N–H and O–H groups in total. The first-order chi connectivity index (χ1) is 9.40. The average Bonchev–Trinajstić information content (AvgIpc) is 2.69. The van der Waals surface area contributed by atoms with Crippen LogP contribution in [0, 0.1) is 0 Å². The van der Waals surface area contributed by atoms with Crippen LogP contribution >= 0.6 is 0 Å². The van der Waals surface area contributed by atoms with Gasteiger partial charge in [-0.05, 0) is 24.0 Å². The predicted molar refractivity (Wildman–Crippen MR) is 73.5 cm³/mol. The number of benzene rings is 1. The molecule has 3 rings (SSSR count). The normalized spacial score (nSPS) is 18.7. The van der Waals surface area contributed by atoms with Crippen molar-refractivity contribution >= 4 is 0 Å². The second-order valence-electron chi connectivity index (χ2n) is 4.66. The topological polar surface area (TPSA) is 61.0 Å². The number of hydrogen-bond donors (Lipinski definition) is 1. The zero-order chi connectivity index (χ0) is 13.1. The maximum Gasteiger partial charge on any atom is 0.0949 e. The number of aromatic nitrogens is 2. The Morgan fingerprint density at radius 3 is 3.05 bits per heavy atom. The van der Waals surface area contributed by atoms with Gasteiger partial charge in [-0.1, -0.05) is 18.2 Å². The molecule has 0 aliphatic carbocycles. The van der Waals surface area contributed by atoms with Gasteiger partial charge >= 0.3 is 0 Å². The molecule has 0 unspecified atom stereocenters. The second kappa shape index (κ2) is 5.47. The summed E-state index contributed by atoms with van der Waals surface area (Å²) in [5.74, 6) is 0. The molecule has 0 spiro atoms. The molecular formula is C15H17N3O. The van der Waals surface area contributed by atoms with Crippen molar-refractivity contribution in [3.63, 3.8) is 0 Å². The van der Waals surface area contributed by atoms with Gasteiger partial charge < -0.3 is 10.5 Å². The smallest absolute Gasteiger partial charge is 0.0949 e. The maximum atomic E-state index is 5.82. The largest absolute Gasteiger partial charge is 0.372 e. The van der Waals surface area contributed by atoms with Crippen LogP contribution in [0.5, 0.6) is 0 Å². The summed E-state index contributed by atoms with van der Waals surface area (Å²) >= 11 is 0. The third-order valence-corrected chi connectivity index (χ3v) is 3.50. The minimum atomic E-state index is -0.00544. The van der Waals surface area contributed by atoms with Crippen LogP contribution in [0.15, 0.2) is 36.8 Å². The monoisotopic (exact) mass is 255 g/mol. The van der Waals surface area contributed by atoms with E-state index in [1.54, 1.807) is 18.6 Å². The van der Waals surface area contributed by atoms with Crippen LogP contribution in [0.3, 0.4) is 0 Å². The Kier molecular flexibility index (Phi) is 3.53. The molecule has 4 nitrogen and oxygen atoms in total. The van der Waals surface area contributed by atoms with Gasteiger partial charge in [-0.25, -0.2) is 0 Å². The molecule has 1 aliphatic heterocycles. The summed E-state index contributed by atoms with van der Waals surface area (Å²) in [6.45, 7) is 1.27. The van der Waals surface area contributed by atoms with E-state index in [0.717, 1.165) is 30.7 Å². The fourth-order valence-corrected chi connectivity index (χ4v) is 2.62. The van der Waals surface area contributed by atoms with Crippen LogP contribution in [0.25, 0.3) is 11.3 Å². The Hall–Kier alpha value is -1.78. The van der Waals surface area contributed by atoms with E-state index in [1.165, 1.54) is 11.1 Å². The van der Waals surface area contributed by atoms with Crippen LogP contribution in [0.2, 0.25) is 0 Å². The van der Waals surface area contributed by atoms with Crippen molar-refractivity contribution in [1.29, 1.82) is 0 Å². The molecule has 1 aromatic carbocycles. The lowest BCUT2D eigenvalue weighted by Crippen LogP contribution is -2.16. The first-order valence-corrected chi connectivity index (χ1v) is 6.60. The first kappa shape index (κ1) is 12.3. The van der Waals surface area contributed by atoms with Crippen molar-refractivity contribution in [3.05, 3.63) is 47.9 Å². The molecule has 1 atom stereocenters. The zero-order valence-electron chi connectivity index (χ0n) is 10.7. The van der Waals surface area contributed by atoms with Gasteiger partial charge in [0.25, 0.3) is 0 Å². The van der Waals surface area contributed by atoms with E-state index in [0.29, 0.717) is 6.54 Å². The number of nitrogens with two attached hydrogens (primary N) is 1. The van der Waals surface area contributed by atoms with E-state index in [1.807, 2.05) is 6.07 Å². The minimum absolute atomic E-state index is 0.00544. The van der Waals surface area contributed by atoms with E-state index in [2.05, 4.69) is 22.1 Å². The summed E-state index contributed by atoms with van der Waals surface area (Å²) in [4.78, 5) is 8.56. The van der Waals surface area contributed by atoms with Crippen LogP contribution in [0.1, 0.15) is 23.7 Å². The highest BCUT2D eigenvalue weighted by atomic mass is 16.5. The summed E-state index contributed by atoms with van der Waals surface area (Å²) in [5, 5.41) is 0. The highest BCUT2D eigenvalue weighted by Gasteiger charge is 2.20. The van der Waals surface area contributed by atoms with Crippen molar-refractivity contribution in [3.8, 4) is 11.3 Å². The standard InChI is InChI=1S/C15H17N3O/c16-9-15-13-4-1-3-12(11(13)5-2-8-19-15)14-10-17-6-7-18-14/h1,3-4,6-7,10,15H,2,5,8-9,16H2/t15-/m1/s1. The summed E-state index contributed by atoms with van der Waals surface area (Å²) in [7, 11) is 0. The molecule has 1 aliphatic rings. The first-order valence-electron chi connectivity index (χ1n) is 6.60.